The topological polar surface area (TPSA) is 80.7 Å². The van der Waals surface area contributed by atoms with Crippen LogP contribution in [0.3, 0.4) is 0 Å². The summed E-state index contributed by atoms with van der Waals surface area (Å²) in [4.78, 5) is 3.98. The van der Waals surface area contributed by atoms with E-state index in [0.717, 1.165) is 0 Å². The van der Waals surface area contributed by atoms with Crippen LogP contribution < -0.4 is 10.5 Å². The third kappa shape index (κ3) is 3.25. The number of hydrogen-bond donors (Lipinski definition) is 2. The summed E-state index contributed by atoms with van der Waals surface area (Å²) in [6.45, 7) is 0. The molecule has 0 atom stereocenters. The van der Waals surface area contributed by atoms with E-state index in [1.54, 1.807) is 18.2 Å². The molecule has 1 aromatic heterocycles. The van der Waals surface area contributed by atoms with Crippen molar-refractivity contribution in [3.63, 3.8) is 0 Å². The number of pyridine rings is 1. The van der Waals surface area contributed by atoms with E-state index in [1.807, 2.05) is 0 Å². The number of halogens is 3. The second kappa shape index (κ2) is 6.17. The molecule has 0 amide bonds. The minimum absolute atomic E-state index is 0.0918. The Labute approximate surface area is 129 Å². The number of hydrogen-bond acceptors (Lipinski definition) is 4. The van der Waals surface area contributed by atoms with Crippen molar-refractivity contribution < 1.29 is 9.94 Å². The van der Waals surface area contributed by atoms with Crippen molar-refractivity contribution in [2.45, 2.75) is 0 Å². The maximum absolute atomic E-state index is 8.67. The number of amidine groups is 1. The predicted octanol–water partition coefficient (Wildman–Crippen LogP) is 3.93. The summed E-state index contributed by atoms with van der Waals surface area (Å²) in [5.41, 5.74) is 5.79. The van der Waals surface area contributed by atoms with Crippen molar-refractivity contribution in [2.24, 2.45) is 10.9 Å². The fourth-order valence-corrected chi connectivity index (χ4v) is 2.20. The normalized spacial score (nSPS) is 11.4. The van der Waals surface area contributed by atoms with E-state index in [1.165, 1.54) is 12.3 Å². The first kappa shape index (κ1) is 14.7. The number of nitrogens with zero attached hydrogens (tertiary/aromatic N) is 2. The van der Waals surface area contributed by atoms with Gasteiger partial charge in [-0.1, -0.05) is 40.0 Å². The van der Waals surface area contributed by atoms with Crippen LogP contribution in [0.4, 0.5) is 0 Å². The quantitative estimate of drug-likeness (QED) is 0.386. The Morgan fingerprint density at radius 2 is 1.85 bits per heavy atom. The van der Waals surface area contributed by atoms with Gasteiger partial charge in [-0.3, -0.25) is 0 Å². The molecule has 2 rings (SSSR count). The molecule has 2 aromatic rings. The van der Waals surface area contributed by atoms with Crippen molar-refractivity contribution >= 4 is 40.6 Å². The van der Waals surface area contributed by atoms with E-state index in [9.17, 15) is 0 Å². The maximum atomic E-state index is 8.67. The van der Waals surface area contributed by atoms with E-state index in [2.05, 4.69) is 10.1 Å². The predicted molar refractivity (Wildman–Crippen MR) is 78.3 cm³/mol. The van der Waals surface area contributed by atoms with Crippen LogP contribution >= 0.6 is 34.8 Å². The van der Waals surface area contributed by atoms with Gasteiger partial charge >= 0.3 is 0 Å². The van der Waals surface area contributed by atoms with Gasteiger partial charge in [0.2, 0.25) is 5.88 Å². The van der Waals surface area contributed by atoms with Crippen LogP contribution in [-0.4, -0.2) is 16.0 Å². The summed E-state index contributed by atoms with van der Waals surface area (Å²) in [5, 5.41) is 12.5. The van der Waals surface area contributed by atoms with Crippen molar-refractivity contribution in [2.75, 3.05) is 0 Å². The molecule has 104 valence electrons. The summed E-state index contributed by atoms with van der Waals surface area (Å²) in [6, 6.07) is 6.18. The summed E-state index contributed by atoms with van der Waals surface area (Å²) >= 11 is 17.8. The summed E-state index contributed by atoms with van der Waals surface area (Å²) < 4.78 is 5.50. The van der Waals surface area contributed by atoms with Crippen LogP contribution in [0.1, 0.15) is 5.56 Å². The van der Waals surface area contributed by atoms with Gasteiger partial charge in [-0.2, -0.15) is 0 Å². The van der Waals surface area contributed by atoms with Gasteiger partial charge in [0.05, 0.1) is 0 Å². The average molecular weight is 333 g/mol. The lowest BCUT2D eigenvalue weighted by molar-refractivity contribution is 0.318. The third-order valence-corrected chi connectivity index (χ3v) is 3.09. The van der Waals surface area contributed by atoms with Crippen molar-refractivity contribution in [1.29, 1.82) is 0 Å². The van der Waals surface area contributed by atoms with Crippen LogP contribution in [-0.2, 0) is 0 Å². The highest BCUT2D eigenvalue weighted by atomic mass is 35.5. The molecule has 1 heterocycles. The first-order valence-corrected chi connectivity index (χ1v) is 6.41. The van der Waals surface area contributed by atoms with Gasteiger partial charge in [-0.05, 0) is 24.3 Å². The van der Waals surface area contributed by atoms with Crippen LogP contribution in [0, 0.1) is 0 Å². The Morgan fingerprint density at radius 3 is 2.45 bits per heavy atom. The molecule has 8 heteroatoms. The van der Waals surface area contributed by atoms with Gasteiger partial charge in [0, 0.05) is 21.8 Å². The molecule has 5 nitrogen and oxygen atoms in total. The average Bonchev–Trinajstić information content (AvgIpc) is 2.39. The second-order valence-corrected chi connectivity index (χ2v) is 4.92. The second-order valence-electron chi connectivity index (χ2n) is 3.67. The fraction of sp³-hybridized carbons (Fsp3) is 0. The molecule has 0 aliphatic carbocycles. The highest BCUT2D eigenvalue weighted by Crippen LogP contribution is 2.32. The van der Waals surface area contributed by atoms with Gasteiger partial charge in [-0.15, -0.1) is 0 Å². The van der Waals surface area contributed by atoms with Crippen molar-refractivity contribution in [3.8, 4) is 11.6 Å². The summed E-state index contributed by atoms with van der Waals surface area (Å²) in [5.74, 6) is 0.314. The zero-order valence-corrected chi connectivity index (χ0v) is 12.1. The molecular weight excluding hydrogens is 325 g/mol. The third-order valence-electron chi connectivity index (χ3n) is 2.29. The van der Waals surface area contributed by atoms with E-state index < -0.39 is 0 Å². The van der Waals surface area contributed by atoms with E-state index in [-0.39, 0.29) is 16.7 Å². The Hall–Kier alpha value is -1.69. The minimum Gasteiger partial charge on any atom is -0.437 e. The van der Waals surface area contributed by atoms with Crippen molar-refractivity contribution in [1.82, 2.24) is 4.98 Å². The zero-order valence-electron chi connectivity index (χ0n) is 9.85. The van der Waals surface area contributed by atoms with Gasteiger partial charge < -0.3 is 15.7 Å². The van der Waals surface area contributed by atoms with Crippen LogP contribution in [0.25, 0.3) is 0 Å². The smallest absolute Gasteiger partial charge is 0.238 e. The van der Waals surface area contributed by atoms with Gasteiger partial charge in [0.25, 0.3) is 0 Å². The number of aromatic nitrogens is 1. The molecule has 0 fully saturated rings. The monoisotopic (exact) mass is 331 g/mol. The Morgan fingerprint density at radius 1 is 1.20 bits per heavy atom. The first-order chi connectivity index (χ1) is 9.51. The molecule has 0 unspecified atom stereocenters. The number of rotatable bonds is 3. The summed E-state index contributed by atoms with van der Waals surface area (Å²) in [6.07, 6.45) is 1.42. The van der Waals surface area contributed by atoms with Gasteiger partial charge in [0.15, 0.2) is 5.84 Å². The molecule has 0 saturated carbocycles. The standard InChI is InChI=1S/C12H8Cl3N3O2/c13-6-3-7(14)5-8(4-6)20-12-10(15)9(1-2-17-12)11(16)18-19/h1-5,19H,(H2,16,18). The van der Waals surface area contributed by atoms with E-state index >= 15 is 0 Å². The highest BCUT2D eigenvalue weighted by molar-refractivity contribution is 6.35. The molecular formula is C12H8Cl3N3O2. The number of oxime groups is 1. The SMILES string of the molecule is N/C(=N/O)c1ccnc(Oc2cc(Cl)cc(Cl)c2)c1Cl. The maximum Gasteiger partial charge on any atom is 0.238 e. The molecule has 0 aliphatic rings. The molecule has 0 saturated heterocycles. The Bertz CT molecular complexity index is 657. The molecule has 1 aromatic carbocycles. The Balaban J connectivity index is 2.39. The highest BCUT2D eigenvalue weighted by Gasteiger charge is 2.13. The molecule has 0 radical (unpaired) electrons. The fourth-order valence-electron chi connectivity index (χ4n) is 1.45. The van der Waals surface area contributed by atoms with Crippen LogP contribution in [0.2, 0.25) is 15.1 Å². The molecule has 0 bridgehead atoms. The van der Waals surface area contributed by atoms with Crippen molar-refractivity contribution in [3.05, 3.63) is 51.1 Å². The zero-order chi connectivity index (χ0) is 14.7. The summed E-state index contributed by atoms with van der Waals surface area (Å²) in [7, 11) is 0. The van der Waals surface area contributed by atoms with Gasteiger partial charge in [-0.25, -0.2) is 4.98 Å². The molecule has 0 aliphatic heterocycles. The van der Waals surface area contributed by atoms with E-state index in [0.29, 0.717) is 21.4 Å². The van der Waals surface area contributed by atoms with Crippen LogP contribution in [0.5, 0.6) is 11.6 Å². The molecule has 20 heavy (non-hydrogen) atoms. The largest absolute Gasteiger partial charge is 0.437 e. The van der Waals surface area contributed by atoms with Gasteiger partial charge in [0.1, 0.15) is 10.8 Å². The lowest BCUT2D eigenvalue weighted by atomic mass is 10.2. The number of ether oxygens (including phenoxy) is 1. The van der Waals surface area contributed by atoms with E-state index in [4.69, 9.17) is 50.5 Å². The lowest BCUT2D eigenvalue weighted by Gasteiger charge is -2.09. The lowest BCUT2D eigenvalue weighted by Crippen LogP contribution is -2.14. The molecule has 3 N–H and O–H groups in total. The molecule has 0 spiro atoms. The first-order valence-electron chi connectivity index (χ1n) is 5.27. The minimum atomic E-state index is -0.147. The van der Waals surface area contributed by atoms with Crippen LogP contribution in [0.15, 0.2) is 35.6 Å². The number of benzene rings is 1. The Kier molecular flexibility index (Phi) is 4.54. The number of nitrogens with two attached hydrogens (primary N) is 1.